The number of carbonyl (C=O) groups is 2. The molecule has 1 aromatic heterocycles. The average molecular weight is 372 g/mol. The van der Waals surface area contributed by atoms with Gasteiger partial charge < -0.3 is 19.9 Å². The first-order valence-corrected chi connectivity index (χ1v) is 8.56. The number of fused-ring (bicyclic) bond motifs is 1. The Bertz CT molecular complexity index is 903. The number of hydrogen-bond acceptors (Lipinski definition) is 4. The summed E-state index contributed by atoms with van der Waals surface area (Å²) in [4.78, 5) is 25.7. The second-order valence-electron chi connectivity index (χ2n) is 5.92. The molecule has 1 aliphatic heterocycles. The summed E-state index contributed by atoms with van der Waals surface area (Å²) in [5.41, 5.74) is 2.19. The van der Waals surface area contributed by atoms with Gasteiger partial charge in [0.05, 0.1) is 6.61 Å². The molecule has 8 heteroatoms. The molecule has 1 fully saturated rings. The number of thiocarbonyl (C=S) groups is 1. The van der Waals surface area contributed by atoms with Gasteiger partial charge in [0, 0.05) is 43.4 Å². The molecule has 1 saturated heterocycles. The summed E-state index contributed by atoms with van der Waals surface area (Å²) in [6.45, 7) is 1.12. The van der Waals surface area contributed by atoms with Crippen LogP contribution >= 0.6 is 12.2 Å². The Morgan fingerprint density at radius 2 is 2.15 bits per heavy atom. The monoisotopic (exact) mass is 372 g/mol. The third-order valence-corrected chi connectivity index (χ3v) is 4.52. The number of ether oxygens (including phenoxy) is 1. The minimum absolute atomic E-state index is 0.0991. The molecule has 2 amide bonds. The first-order valence-electron chi connectivity index (χ1n) is 8.15. The van der Waals surface area contributed by atoms with Gasteiger partial charge in [-0.3, -0.25) is 14.5 Å². The third kappa shape index (κ3) is 3.61. The van der Waals surface area contributed by atoms with Crippen molar-refractivity contribution in [2.24, 2.45) is 0 Å². The van der Waals surface area contributed by atoms with E-state index in [-0.39, 0.29) is 18.4 Å². The molecule has 1 aliphatic rings. The highest BCUT2D eigenvalue weighted by molar-refractivity contribution is 7.80. The molecule has 1 aromatic carbocycles. The Kier molecular flexibility index (Phi) is 5.34. The largest absolute Gasteiger partial charge is 0.383 e. The normalized spacial score (nSPS) is 15.8. The van der Waals surface area contributed by atoms with Gasteiger partial charge in [0.1, 0.15) is 12.2 Å². The lowest BCUT2D eigenvalue weighted by Gasteiger charge is -2.06. The van der Waals surface area contributed by atoms with Crippen molar-refractivity contribution in [2.45, 2.75) is 6.54 Å². The predicted octanol–water partition coefficient (Wildman–Crippen LogP) is 1.09. The van der Waals surface area contributed by atoms with E-state index in [0.29, 0.717) is 24.0 Å². The highest BCUT2D eigenvalue weighted by Crippen LogP contribution is 2.24. The number of benzene rings is 1. The van der Waals surface area contributed by atoms with Gasteiger partial charge in [-0.15, -0.1) is 0 Å². The zero-order chi connectivity index (χ0) is 18.7. The predicted molar refractivity (Wildman–Crippen MR) is 103 cm³/mol. The zero-order valence-electron chi connectivity index (χ0n) is 14.6. The molecule has 0 bridgehead atoms. The van der Waals surface area contributed by atoms with Crippen molar-refractivity contribution in [3.8, 4) is 0 Å². The number of methoxy groups -OCH3 is 1. The van der Waals surface area contributed by atoms with Gasteiger partial charge in [0.15, 0.2) is 5.11 Å². The van der Waals surface area contributed by atoms with E-state index in [1.54, 1.807) is 20.2 Å². The SMILES string of the molecule is COCCNC(=O)Cn1cc(/C=C2\NC(=S)N(C)C2=O)c2ccccc21. The van der Waals surface area contributed by atoms with Crippen molar-refractivity contribution in [3.05, 3.63) is 41.7 Å². The summed E-state index contributed by atoms with van der Waals surface area (Å²) < 4.78 is 6.80. The lowest BCUT2D eigenvalue weighted by molar-refractivity contribution is -0.122. The number of amides is 2. The van der Waals surface area contributed by atoms with Crippen LogP contribution in [-0.4, -0.2) is 53.7 Å². The van der Waals surface area contributed by atoms with Crippen LogP contribution in [0.2, 0.25) is 0 Å². The molecular formula is C18H20N4O3S. The van der Waals surface area contributed by atoms with Crippen LogP contribution in [0, 0.1) is 0 Å². The molecule has 7 nitrogen and oxygen atoms in total. The summed E-state index contributed by atoms with van der Waals surface area (Å²) in [6, 6.07) is 7.75. The molecule has 2 N–H and O–H groups in total. The van der Waals surface area contributed by atoms with Crippen LogP contribution in [0.15, 0.2) is 36.2 Å². The maximum absolute atomic E-state index is 12.2. The van der Waals surface area contributed by atoms with Crippen LogP contribution < -0.4 is 10.6 Å². The van der Waals surface area contributed by atoms with E-state index >= 15 is 0 Å². The average Bonchev–Trinajstić information content (AvgIpc) is 3.08. The number of aromatic nitrogens is 1. The molecular weight excluding hydrogens is 352 g/mol. The second kappa shape index (κ2) is 7.67. The van der Waals surface area contributed by atoms with Gasteiger partial charge in [-0.05, 0) is 24.4 Å². The topological polar surface area (TPSA) is 75.6 Å². The Morgan fingerprint density at radius 3 is 2.85 bits per heavy atom. The fourth-order valence-corrected chi connectivity index (χ4v) is 3.00. The fraction of sp³-hybridized carbons (Fsp3) is 0.278. The standard InChI is InChI=1S/C18H20N4O3S/c1-21-17(24)14(20-18(21)26)9-12-10-22(11-16(23)19-7-8-25-2)15-6-4-3-5-13(12)15/h3-6,9-10H,7-8,11H2,1-2H3,(H,19,23)(H,20,26)/b14-9-. The Morgan fingerprint density at radius 1 is 1.38 bits per heavy atom. The molecule has 136 valence electrons. The molecule has 0 aliphatic carbocycles. The second-order valence-corrected chi connectivity index (χ2v) is 6.31. The molecule has 0 atom stereocenters. The highest BCUT2D eigenvalue weighted by Gasteiger charge is 2.27. The minimum atomic E-state index is -0.177. The highest BCUT2D eigenvalue weighted by atomic mass is 32.1. The number of nitrogens with zero attached hydrogens (tertiary/aromatic N) is 2. The van der Waals surface area contributed by atoms with E-state index in [4.69, 9.17) is 17.0 Å². The first kappa shape index (κ1) is 18.1. The summed E-state index contributed by atoms with van der Waals surface area (Å²) >= 11 is 5.11. The third-order valence-electron chi connectivity index (χ3n) is 4.14. The summed E-state index contributed by atoms with van der Waals surface area (Å²) in [7, 11) is 3.22. The fourth-order valence-electron chi connectivity index (χ4n) is 2.80. The Labute approximate surface area is 156 Å². The van der Waals surface area contributed by atoms with Crippen LogP contribution in [0.4, 0.5) is 0 Å². The van der Waals surface area contributed by atoms with Crippen LogP contribution in [0.25, 0.3) is 17.0 Å². The lowest BCUT2D eigenvalue weighted by atomic mass is 10.1. The molecule has 0 radical (unpaired) electrons. The van der Waals surface area contributed by atoms with E-state index in [0.717, 1.165) is 16.5 Å². The molecule has 0 saturated carbocycles. The zero-order valence-corrected chi connectivity index (χ0v) is 15.4. The quantitative estimate of drug-likeness (QED) is 0.451. The van der Waals surface area contributed by atoms with Crippen molar-refractivity contribution in [2.75, 3.05) is 27.3 Å². The van der Waals surface area contributed by atoms with Crippen molar-refractivity contribution in [1.29, 1.82) is 0 Å². The number of rotatable bonds is 6. The van der Waals surface area contributed by atoms with Gasteiger partial charge >= 0.3 is 0 Å². The summed E-state index contributed by atoms with van der Waals surface area (Å²) in [6.07, 6.45) is 3.63. The van der Waals surface area contributed by atoms with Gasteiger partial charge in [0.25, 0.3) is 5.91 Å². The van der Waals surface area contributed by atoms with Crippen LogP contribution in [0.3, 0.4) is 0 Å². The number of hydrogen-bond donors (Lipinski definition) is 2. The minimum Gasteiger partial charge on any atom is -0.383 e. The van der Waals surface area contributed by atoms with E-state index in [1.807, 2.05) is 35.0 Å². The Balaban J connectivity index is 1.90. The van der Waals surface area contributed by atoms with Crippen molar-refractivity contribution < 1.29 is 14.3 Å². The van der Waals surface area contributed by atoms with Crippen molar-refractivity contribution in [3.63, 3.8) is 0 Å². The van der Waals surface area contributed by atoms with E-state index in [2.05, 4.69) is 10.6 Å². The maximum atomic E-state index is 12.2. The number of nitrogens with one attached hydrogen (secondary N) is 2. The smallest absolute Gasteiger partial charge is 0.276 e. The lowest BCUT2D eigenvalue weighted by Crippen LogP contribution is -2.30. The molecule has 2 heterocycles. The first-order chi connectivity index (χ1) is 12.5. The van der Waals surface area contributed by atoms with Crippen LogP contribution in [0.1, 0.15) is 5.56 Å². The summed E-state index contributed by atoms with van der Waals surface area (Å²) in [5, 5.41) is 7.06. The summed E-state index contributed by atoms with van der Waals surface area (Å²) in [5.74, 6) is -0.276. The number of carbonyl (C=O) groups excluding carboxylic acids is 2. The van der Waals surface area contributed by atoms with Gasteiger partial charge in [-0.2, -0.15) is 0 Å². The van der Waals surface area contributed by atoms with Gasteiger partial charge in [-0.25, -0.2) is 0 Å². The van der Waals surface area contributed by atoms with Gasteiger partial charge in [0.2, 0.25) is 5.91 Å². The molecule has 3 rings (SSSR count). The molecule has 0 unspecified atom stereocenters. The molecule has 0 spiro atoms. The van der Waals surface area contributed by atoms with E-state index in [9.17, 15) is 9.59 Å². The maximum Gasteiger partial charge on any atom is 0.276 e. The van der Waals surface area contributed by atoms with Crippen LogP contribution in [0.5, 0.6) is 0 Å². The number of para-hydroxylation sites is 1. The van der Waals surface area contributed by atoms with Crippen LogP contribution in [-0.2, 0) is 20.9 Å². The van der Waals surface area contributed by atoms with E-state index in [1.165, 1.54) is 4.90 Å². The molecule has 2 aromatic rings. The molecule has 26 heavy (non-hydrogen) atoms. The van der Waals surface area contributed by atoms with Gasteiger partial charge in [-0.1, -0.05) is 18.2 Å². The Hall–Kier alpha value is -2.71. The van der Waals surface area contributed by atoms with Crippen molar-refractivity contribution in [1.82, 2.24) is 20.1 Å². The number of likely N-dealkylation sites (N-methyl/N-ethyl adjacent to an activating group) is 1. The van der Waals surface area contributed by atoms with E-state index < -0.39 is 0 Å². The van der Waals surface area contributed by atoms with Crippen molar-refractivity contribution >= 4 is 46.1 Å².